The highest BCUT2D eigenvalue weighted by molar-refractivity contribution is 5.17. The van der Waals surface area contributed by atoms with Crippen LogP contribution in [-0.4, -0.2) is 16.6 Å². The highest BCUT2D eigenvalue weighted by atomic mass is 16.4. The molecule has 3 heteroatoms. The molecule has 2 aromatic carbocycles. The largest absolute Gasteiger partial charge is 0.467 e. The molecule has 23 heavy (non-hydrogen) atoms. The fraction of sp³-hybridized carbons (Fsp3) is 0.200. The van der Waals surface area contributed by atoms with E-state index in [1.165, 1.54) is 11.1 Å². The SMILES string of the molecule is OC(CN(Cc1ccccc1)Cc1ccccc1)c1ccco1. The molecule has 0 spiro atoms. The molecular formula is C20H21NO2. The first-order chi connectivity index (χ1) is 11.3. The summed E-state index contributed by atoms with van der Waals surface area (Å²) in [4.78, 5) is 2.23. The third-order valence-electron chi connectivity index (χ3n) is 3.80. The van der Waals surface area contributed by atoms with E-state index in [1.807, 2.05) is 42.5 Å². The van der Waals surface area contributed by atoms with Gasteiger partial charge in [-0.25, -0.2) is 0 Å². The van der Waals surface area contributed by atoms with Crippen LogP contribution in [-0.2, 0) is 13.1 Å². The molecule has 0 saturated heterocycles. The number of hydrogen-bond donors (Lipinski definition) is 1. The lowest BCUT2D eigenvalue weighted by Crippen LogP contribution is -2.28. The van der Waals surface area contributed by atoms with Crippen LogP contribution in [0.15, 0.2) is 83.5 Å². The van der Waals surface area contributed by atoms with Crippen LogP contribution in [0.5, 0.6) is 0 Å². The molecule has 0 bridgehead atoms. The van der Waals surface area contributed by atoms with Crippen molar-refractivity contribution in [3.8, 4) is 0 Å². The summed E-state index contributed by atoms with van der Waals surface area (Å²) in [6.45, 7) is 2.10. The van der Waals surface area contributed by atoms with Gasteiger partial charge in [0.15, 0.2) is 0 Å². The normalized spacial score (nSPS) is 12.4. The van der Waals surface area contributed by atoms with Crippen LogP contribution < -0.4 is 0 Å². The number of aliphatic hydroxyl groups is 1. The molecule has 1 heterocycles. The van der Waals surface area contributed by atoms with Gasteiger partial charge in [0, 0.05) is 19.6 Å². The van der Waals surface area contributed by atoms with Crippen molar-refractivity contribution in [2.24, 2.45) is 0 Å². The number of benzene rings is 2. The molecule has 1 aromatic heterocycles. The second-order valence-corrected chi connectivity index (χ2v) is 5.67. The van der Waals surface area contributed by atoms with Gasteiger partial charge >= 0.3 is 0 Å². The topological polar surface area (TPSA) is 36.6 Å². The lowest BCUT2D eigenvalue weighted by atomic mass is 10.1. The predicted molar refractivity (Wildman–Crippen MR) is 90.7 cm³/mol. The van der Waals surface area contributed by atoms with Gasteiger partial charge in [0.1, 0.15) is 11.9 Å². The summed E-state index contributed by atoms with van der Waals surface area (Å²) in [5, 5.41) is 10.4. The Morgan fingerprint density at radius 2 is 1.35 bits per heavy atom. The molecule has 1 atom stereocenters. The zero-order valence-electron chi connectivity index (χ0n) is 13.0. The average molecular weight is 307 g/mol. The van der Waals surface area contributed by atoms with Crippen LogP contribution >= 0.6 is 0 Å². The van der Waals surface area contributed by atoms with Gasteiger partial charge in [-0.15, -0.1) is 0 Å². The highest BCUT2D eigenvalue weighted by Crippen LogP contribution is 2.18. The second kappa shape index (κ2) is 7.77. The van der Waals surface area contributed by atoms with Crippen LogP contribution in [0.4, 0.5) is 0 Å². The maximum absolute atomic E-state index is 10.4. The van der Waals surface area contributed by atoms with Crippen molar-refractivity contribution in [1.29, 1.82) is 0 Å². The minimum absolute atomic E-state index is 0.525. The van der Waals surface area contributed by atoms with Crippen LogP contribution in [0.25, 0.3) is 0 Å². The molecule has 1 N–H and O–H groups in total. The van der Waals surface area contributed by atoms with Crippen molar-refractivity contribution in [1.82, 2.24) is 4.90 Å². The molecule has 3 aromatic rings. The summed E-state index contributed by atoms with van der Waals surface area (Å²) < 4.78 is 5.32. The van der Waals surface area contributed by atoms with Crippen LogP contribution in [0.1, 0.15) is 23.0 Å². The van der Waals surface area contributed by atoms with Crippen molar-refractivity contribution in [2.45, 2.75) is 19.2 Å². The van der Waals surface area contributed by atoms with Crippen molar-refractivity contribution in [2.75, 3.05) is 6.54 Å². The Morgan fingerprint density at radius 1 is 0.783 bits per heavy atom. The average Bonchev–Trinajstić information content (AvgIpc) is 3.11. The molecule has 0 saturated carbocycles. The first-order valence-electron chi connectivity index (χ1n) is 7.83. The van der Waals surface area contributed by atoms with Crippen LogP contribution in [0, 0.1) is 0 Å². The van der Waals surface area contributed by atoms with Crippen molar-refractivity contribution < 1.29 is 9.52 Å². The lowest BCUT2D eigenvalue weighted by molar-refractivity contribution is 0.0873. The highest BCUT2D eigenvalue weighted by Gasteiger charge is 2.16. The Hall–Kier alpha value is -2.36. The maximum atomic E-state index is 10.4. The maximum Gasteiger partial charge on any atom is 0.133 e. The van der Waals surface area contributed by atoms with Gasteiger partial charge in [-0.2, -0.15) is 0 Å². The van der Waals surface area contributed by atoms with E-state index >= 15 is 0 Å². The van der Waals surface area contributed by atoms with E-state index in [0.717, 1.165) is 13.1 Å². The second-order valence-electron chi connectivity index (χ2n) is 5.67. The molecule has 1 unspecified atom stereocenters. The molecule has 0 aliphatic heterocycles. The van der Waals surface area contributed by atoms with E-state index in [9.17, 15) is 5.11 Å². The third kappa shape index (κ3) is 4.55. The fourth-order valence-corrected chi connectivity index (χ4v) is 2.68. The molecule has 118 valence electrons. The summed E-state index contributed by atoms with van der Waals surface area (Å²) in [6.07, 6.45) is 0.967. The molecule has 0 aliphatic carbocycles. The Balaban J connectivity index is 1.72. The zero-order chi connectivity index (χ0) is 15.9. The molecule has 0 amide bonds. The van der Waals surface area contributed by atoms with Gasteiger partial charge in [-0.05, 0) is 23.3 Å². The summed E-state index contributed by atoms with van der Waals surface area (Å²) in [5.41, 5.74) is 2.46. The number of aliphatic hydroxyl groups excluding tert-OH is 1. The lowest BCUT2D eigenvalue weighted by Gasteiger charge is -2.24. The number of furan rings is 1. The Kier molecular flexibility index (Phi) is 5.25. The first-order valence-corrected chi connectivity index (χ1v) is 7.83. The van der Waals surface area contributed by atoms with E-state index in [0.29, 0.717) is 12.3 Å². The smallest absolute Gasteiger partial charge is 0.133 e. The van der Waals surface area contributed by atoms with E-state index < -0.39 is 6.10 Å². The molecule has 0 radical (unpaired) electrons. The third-order valence-corrected chi connectivity index (χ3v) is 3.80. The summed E-state index contributed by atoms with van der Waals surface area (Å²) in [7, 11) is 0. The van der Waals surface area contributed by atoms with Gasteiger partial charge < -0.3 is 9.52 Å². The van der Waals surface area contributed by atoms with Crippen molar-refractivity contribution in [3.63, 3.8) is 0 Å². The van der Waals surface area contributed by atoms with Crippen molar-refractivity contribution in [3.05, 3.63) is 95.9 Å². The molecule has 3 nitrogen and oxygen atoms in total. The predicted octanol–water partition coefficient (Wildman–Crippen LogP) is 4.02. The first kappa shape index (κ1) is 15.5. The number of hydrogen-bond acceptors (Lipinski definition) is 3. The summed E-state index contributed by atoms with van der Waals surface area (Å²) in [5.74, 6) is 0.608. The Labute approximate surface area is 136 Å². The Morgan fingerprint density at radius 3 is 1.83 bits per heavy atom. The minimum Gasteiger partial charge on any atom is -0.467 e. The molecular weight excluding hydrogens is 286 g/mol. The minimum atomic E-state index is -0.627. The van der Waals surface area contributed by atoms with E-state index in [-0.39, 0.29) is 0 Å². The quantitative estimate of drug-likeness (QED) is 0.716. The fourth-order valence-electron chi connectivity index (χ4n) is 2.68. The van der Waals surface area contributed by atoms with Crippen LogP contribution in [0.2, 0.25) is 0 Å². The van der Waals surface area contributed by atoms with Gasteiger partial charge in [0.2, 0.25) is 0 Å². The van der Waals surface area contributed by atoms with E-state index in [1.54, 1.807) is 12.3 Å². The zero-order valence-corrected chi connectivity index (χ0v) is 13.0. The Bertz CT molecular complexity index is 639. The standard InChI is InChI=1S/C20H21NO2/c22-19(20-12-7-13-23-20)16-21(14-17-8-3-1-4-9-17)15-18-10-5-2-6-11-18/h1-13,19,22H,14-16H2. The van der Waals surface area contributed by atoms with E-state index in [2.05, 4.69) is 29.2 Å². The molecule has 0 fully saturated rings. The number of rotatable bonds is 7. The summed E-state index contributed by atoms with van der Waals surface area (Å²) >= 11 is 0. The van der Waals surface area contributed by atoms with E-state index in [4.69, 9.17) is 4.42 Å². The van der Waals surface area contributed by atoms with Gasteiger partial charge in [-0.3, -0.25) is 4.90 Å². The van der Waals surface area contributed by atoms with Crippen molar-refractivity contribution >= 4 is 0 Å². The van der Waals surface area contributed by atoms with Crippen LogP contribution in [0.3, 0.4) is 0 Å². The van der Waals surface area contributed by atoms with Gasteiger partial charge in [-0.1, -0.05) is 60.7 Å². The summed E-state index contributed by atoms with van der Waals surface area (Å²) in [6, 6.07) is 24.2. The monoisotopic (exact) mass is 307 g/mol. The number of nitrogens with zero attached hydrogens (tertiary/aromatic N) is 1. The molecule has 0 aliphatic rings. The molecule has 3 rings (SSSR count). The van der Waals surface area contributed by atoms with Gasteiger partial charge in [0.05, 0.1) is 6.26 Å². The van der Waals surface area contributed by atoms with Gasteiger partial charge in [0.25, 0.3) is 0 Å².